The molecule has 1 aromatic heterocycles. The van der Waals surface area contributed by atoms with Gasteiger partial charge in [0.2, 0.25) is 0 Å². The highest BCUT2D eigenvalue weighted by Gasteiger charge is 2.37. The van der Waals surface area contributed by atoms with Crippen molar-refractivity contribution in [2.75, 3.05) is 16.2 Å². The molecule has 1 fully saturated rings. The fourth-order valence-electron chi connectivity index (χ4n) is 3.25. The minimum absolute atomic E-state index is 0.0170. The molecule has 0 bridgehead atoms. The Balaban J connectivity index is 1.47. The molecule has 2 heterocycles. The van der Waals surface area contributed by atoms with Gasteiger partial charge in [0, 0.05) is 30.2 Å². The summed E-state index contributed by atoms with van der Waals surface area (Å²) >= 11 is 6.98. The second-order valence-corrected chi connectivity index (χ2v) is 9.89. The monoisotopic (exact) mass is 517 g/mol. The Morgan fingerprint density at radius 3 is 2.55 bits per heavy atom. The second-order valence-electron chi connectivity index (χ2n) is 6.94. The first-order chi connectivity index (χ1) is 15.6. The summed E-state index contributed by atoms with van der Waals surface area (Å²) in [4.78, 5) is 18.0. The van der Waals surface area contributed by atoms with E-state index in [0.29, 0.717) is 5.69 Å². The molecule has 7 nitrogen and oxygen atoms in total. The van der Waals surface area contributed by atoms with Crippen LogP contribution < -0.4 is 14.4 Å². The van der Waals surface area contributed by atoms with Gasteiger partial charge in [-0.2, -0.15) is 13.2 Å². The number of alkyl halides is 3. The molecule has 0 aliphatic carbocycles. The van der Waals surface area contributed by atoms with Gasteiger partial charge < -0.3 is 9.64 Å². The highest BCUT2D eigenvalue weighted by Crippen LogP contribution is 2.40. The smallest absolute Gasteiger partial charge is 0.417 e. The first-order valence-electron chi connectivity index (χ1n) is 9.42. The van der Waals surface area contributed by atoms with E-state index in [1.165, 1.54) is 41.4 Å². The van der Waals surface area contributed by atoms with Crippen molar-refractivity contribution in [3.05, 3.63) is 64.6 Å². The number of rotatable bonds is 6. The molecular weight excluding hydrogens is 503 g/mol. The molecule has 0 spiro atoms. The van der Waals surface area contributed by atoms with Crippen LogP contribution in [0.3, 0.4) is 0 Å². The van der Waals surface area contributed by atoms with Gasteiger partial charge >= 0.3 is 6.18 Å². The van der Waals surface area contributed by atoms with Crippen LogP contribution in [0.1, 0.15) is 12.0 Å². The van der Waals surface area contributed by atoms with Crippen LogP contribution in [-0.2, 0) is 21.0 Å². The number of amides is 1. The molecular formula is C20H15ClF3N3O4S2. The fraction of sp³-hybridized carbons (Fsp3) is 0.200. The zero-order valence-electron chi connectivity index (χ0n) is 16.5. The summed E-state index contributed by atoms with van der Waals surface area (Å²) in [5.74, 6) is -0.707. The van der Waals surface area contributed by atoms with Crippen LogP contribution in [0.5, 0.6) is 5.75 Å². The summed E-state index contributed by atoms with van der Waals surface area (Å²) < 4.78 is 71.9. The molecule has 1 amide bonds. The van der Waals surface area contributed by atoms with E-state index in [1.54, 1.807) is 5.38 Å². The lowest BCUT2D eigenvalue weighted by Crippen LogP contribution is -2.32. The van der Waals surface area contributed by atoms with E-state index in [-0.39, 0.29) is 28.7 Å². The van der Waals surface area contributed by atoms with Crippen LogP contribution in [0.15, 0.2) is 58.9 Å². The molecule has 2 aromatic carbocycles. The Kier molecular flexibility index (Phi) is 6.25. The van der Waals surface area contributed by atoms with Crippen molar-refractivity contribution >= 4 is 49.7 Å². The maximum atomic E-state index is 13.1. The molecule has 1 unspecified atom stereocenters. The average Bonchev–Trinajstić information content (AvgIpc) is 3.38. The number of sulfonamides is 1. The second kappa shape index (κ2) is 8.84. The molecule has 3 aromatic rings. The normalized spacial score (nSPS) is 16.8. The topological polar surface area (TPSA) is 88.6 Å². The number of halogens is 4. The third-order valence-corrected chi connectivity index (χ3v) is 7.37. The first-order valence-corrected chi connectivity index (χ1v) is 12.2. The maximum absolute atomic E-state index is 13.1. The summed E-state index contributed by atoms with van der Waals surface area (Å²) in [5, 5.41) is 1.24. The molecule has 4 rings (SSSR count). The van der Waals surface area contributed by atoms with Crippen molar-refractivity contribution in [1.29, 1.82) is 0 Å². The number of nitrogens with one attached hydrogen (secondary N) is 1. The predicted molar refractivity (Wildman–Crippen MR) is 117 cm³/mol. The van der Waals surface area contributed by atoms with Gasteiger partial charge in [0.05, 0.1) is 15.5 Å². The molecule has 1 atom stereocenters. The molecule has 1 N–H and O–H groups in total. The summed E-state index contributed by atoms with van der Waals surface area (Å²) in [6, 6.07) is 8.87. The van der Waals surface area contributed by atoms with E-state index in [0.717, 1.165) is 23.5 Å². The number of thiazole rings is 1. The number of anilines is 2. The predicted octanol–water partition coefficient (Wildman–Crippen LogP) is 4.80. The quantitative estimate of drug-likeness (QED) is 0.507. The number of nitrogens with zero attached hydrogens (tertiary/aromatic N) is 2. The zero-order chi connectivity index (χ0) is 23.8. The third kappa shape index (κ3) is 4.92. The molecule has 0 saturated carbocycles. The molecule has 1 aliphatic heterocycles. The number of carbonyl (C=O) groups is 1. The molecule has 0 radical (unpaired) electrons. The van der Waals surface area contributed by atoms with Gasteiger partial charge in [-0.3, -0.25) is 9.52 Å². The third-order valence-electron chi connectivity index (χ3n) is 4.81. The minimum atomic E-state index is -4.65. The van der Waals surface area contributed by atoms with Crippen LogP contribution in [0.4, 0.5) is 24.0 Å². The largest absolute Gasteiger partial charge is 0.479 e. The number of ether oxygens (including phenoxy) is 1. The van der Waals surface area contributed by atoms with E-state index < -0.39 is 38.8 Å². The van der Waals surface area contributed by atoms with Crippen molar-refractivity contribution in [2.24, 2.45) is 0 Å². The molecule has 33 heavy (non-hydrogen) atoms. The van der Waals surface area contributed by atoms with E-state index in [4.69, 9.17) is 16.3 Å². The van der Waals surface area contributed by atoms with Crippen LogP contribution in [-0.4, -0.2) is 32.0 Å². The summed E-state index contributed by atoms with van der Waals surface area (Å²) in [6.45, 7) is 0.240. The van der Waals surface area contributed by atoms with Crippen LogP contribution in [0, 0.1) is 0 Å². The van der Waals surface area contributed by atoms with Crippen LogP contribution >= 0.6 is 22.9 Å². The maximum Gasteiger partial charge on any atom is 0.417 e. The van der Waals surface area contributed by atoms with E-state index in [2.05, 4.69) is 9.71 Å². The summed E-state index contributed by atoms with van der Waals surface area (Å²) in [5.41, 5.74) is -0.624. The van der Waals surface area contributed by atoms with Gasteiger partial charge in [0.1, 0.15) is 5.75 Å². The molecule has 13 heteroatoms. The van der Waals surface area contributed by atoms with Crippen molar-refractivity contribution in [1.82, 2.24) is 4.98 Å². The highest BCUT2D eigenvalue weighted by atomic mass is 35.5. The van der Waals surface area contributed by atoms with Crippen molar-refractivity contribution in [3.8, 4) is 5.75 Å². The Morgan fingerprint density at radius 1 is 1.18 bits per heavy atom. The molecule has 1 aliphatic rings. The van der Waals surface area contributed by atoms with Crippen LogP contribution in [0.25, 0.3) is 0 Å². The van der Waals surface area contributed by atoms with Gasteiger partial charge in [-0.1, -0.05) is 17.7 Å². The number of hydrogen-bond acceptors (Lipinski definition) is 6. The van der Waals surface area contributed by atoms with Crippen LogP contribution in [0.2, 0.25) is 5.02 Å². The Hall–Kier alpha value is -2.83. The lowest BCUT2D eigenvalue weighted by molar-refractivity contribution is -0.137. The van der Waals surface area contributed by atoms with Gasteiger partial charge in [-0.05, 0) is 36.4 Å². The number of hydrogen-bond donors (Lipinski definition) is 1. The average molecular weight is 518 g/mol. The summed E-state index contributed by atoms with van der Waals surface area (Å²) in [7, 11) is -3.85. The number of aromatic nitrogens is 1. The standard InChI is InChI=1S/C20H15ClF3N3O4S2/c21-17-14(20(22,23)24)2-1-3-15(17)31-16-8-10-27(18(16)28)12-4-6-13(7-5-12)33(29,30)26-19-25-9-11-32-19/h1-7,9,11,16H,8,10H2,(H,25,26). The number of benzene rings is 2. The lowest BCUT2D eigenvalue weighted by atomic mass is 10.2. The van der Waals surface area contributed by atoms with Gasteiger partial charge in [0.25, 0.3) is 15.9 Å². The van der Waals surface area contributed by atoms with E-state index >= 15 is 0 Å². The van der Waals surface area contributed by atoms with Gasteiger partial charge in [-0.15, -0.1) is 11.3 Å². The Bertz CT molecular complexity index is 1270. The first kappa shape index (κ1) is 23.3. The minimum Gasteiger partial charge on any atom is -0.479 e. The number of carbonyl (C=O) groups excluding carboxylic acids is 1. The Labute approximate surface area is 195 Å². The zero-order valence-corrected chi connectivity index (χ0v) is 18.9. The van der Waals surface area contributed by atoms with Gasteiger partial charge in [-0.25, -0.2) is 13.4 Å². The van der Waals surface area contributed by atoms with Crippen molar-refractivity contribution in [3.63, 3.8) is 0 Å². The van der Waals surface area contributed by atoms with Crippen molar-refractivity contribution in [2.45, 2.75) is 23.6 Å². The highest BCUT2D eigenvalue weighted by molar-refractivity contribution is 7.93. The van der Waals surface area contributed by atoms with E-state index in [1.807, 2.05) is 0 Å². The SMILES string of the molecule is O=C1C(Oc2cccc(C(F)(F)F)c2Cl)CCN1c1ccc(S(=O)(=O)Nc2nccs2)cc1. The lowest BCUT2D eigenvalue weighted by Gasteiger charge is -2.19. The Morgan fingerprint density at radius 2 is 1.91 bits per heavy atom. The fourth-order valence-corrected chi connectivity index (χ4v) is 5.31. The summed E-state index contributed by atoms with van der Waals surface area (Å²) in [6.07, 6.45) is -3.99. The van der Waals surface area contributed by atoms with Crippen molar-refractivity contribution < 1.29 is 31.1 Å². The molecule has 174 valence electrons. The van der Waals surface area contributed by atoms with E-state index in [9.17, 15) is 26.4 Å². The van der Waals surface area contributed by atoms with Gasteiger partial charge in [0.15, 0.2) is 11.2 Å². The molecule has 1 saturated heterocycles.